The lowest BCUT2D eigenvalue weighted by Gasteiger charge is -2.14. The smallest absolute Gasteiger partial charge is 0.368 e. The highest BCUT2D eigenvalue weighted by Gasteiger charge is 2.07. The van der Waals surface area contributed by atoms with E-state index in [1.807, 2.05) is 0 Å². The van der Waals surface area contributed by atoms with E-state index in [2.05, 4.69) is 9.16 Å². The van der Waals surface area contributed by atoms with Crippen molar-refractivity contribution in [3.05, 3.63) is 0 Å². The molecule has 7 heteroatoms. The summed E-state index contributed by atoms with van der Waals surface area (Å²) in [5.41, 5.74) is 0. The van der Waals surface area contributed by atoms with Crippen molar-refractivity contribution in [1.29, 1.82) is 0 Å². The van der Waals surface area contributed by atoms with Crippen molar-refractivity contribution >= 4 is 10.0 Å². The number of ether oxygens (including phenoxy) is 3. The Morgan fingerprint density at radius 2 is 2.00 bits per heavy atom. The van der Waals surface area contributed by atoms with E-state index in [1.165, 1.54) is 0 Å². The molecule has 0 aromatic carbocycles. The van der Waals surface area contributed by atoms with Gasteiger partial charge in [0.25, 0.3) is 6.48 Å². The van der Waals surface area contributed by atoms with Crippen molar-refractivity contribution in [3.8, 4) is 0 Å². The summed E-state index contributed by atoms with van der Waals surface area (Å²) in [5.74, 6) is 0. The Morgan fingerprint density at radius 3 is 2.91 bits per heavy atom. The van der Waals surface area contributed by atoms with Gasteiger partial charge in [0.05, 0.1) is 0 Å². The van der Waals surface area contributed by atoms with E-state index in [1.54, 1.807) is 0 Å². The normalized spacial score (nSPS) is 29.7. The van der Waals surface area contributed by atoms with Gasteiger partial charge in [-0.15, -0.1) is 0 Å². The third kappa shape index (κ3) is 4.43. The fourth-order valence-electron chi connectivity index (χ4n) is 0.408. The fraction of sp³-hybridized carbons (Fsp3) is 1.00. The molecule has 1 saturated heterocycles. The van der Waals surface area contributed by atoms with Crippen LogP contribution in [0.5, 0.6) is 0 Å². The van der Waals surface area contributed by atoms with E-state index >= 15 is 0 Å². The van der Waals surface area contributed by atoms with Gasteiger partial charge in [-0.1, -0.05) is 0 Å². The summed E-state index contributed by atoms with van der Waals surface area (Å²) in [6.45, 7) is -1.18. The van der Waals surface area contributed by atoms with Crippen molar-refractivity contribution in [2.24, 2.45) is 0 Å². The number of aliphatic hydroxyl groups excluding tert-OH is 1. The summed E-state index contributed by atoms with van der Waals surface area (Å²) in [6.07, 6.45) is 0. The molecule has 6 nitrogen and oxygen atoms in total. The molecular weight excluding hydrogens is 172 g/mol. The average molecular weight is 180 g/mol. The molecule has 11 heavy (non-hydrogen) atoms. The Bertz CT molecular complexity index is 90.6. The number of aliphatic hydroxyl groups is 1. The molecule has 1 N–H and O–H groups in total. The summed E-state index contributed by atoms with van der Waals surface area (Å²) in [6, 6.07) is 0. The topological polar surface area (TPSA) is 66.4 Å². The number of hydrogen-bond acceptors (Lipinski definition) is 6. The zero-order valence-electron chi connectivity index (χ0n) is 5.69. The zero-order valence-corrected chi connectivity index (χ0v) is 6.69. The first-order valence-electron chi connectivity index (χ1n) is 2.87. The maximum atomic E-state index is 8.79. The minimum Gasteiger partial charge on any atom is -0.368 e. The van der Waals surface area contributed by atoms with Gasteiger partial charge in [0, 0.05) is 0 Å². The van der Waals surface area contributed by atoms with Gasteiger partial charge >= 0.3 is 10.0 Å². The molecule has 0 bridgehead atoms. The summed E-state index contributed by atoms with van der Waals surface area (Å²) in [4.78, 5) is 0. The second-order valence-corrected chi connectivity index (χ2v) is 2.27. The Kier molecular flexibility index (Phi) is 4.62. The van der Waals surface area contributed by atoms with E-state index in [0.717, 1.165) is 0 Å². The first kappa shape index (κ1) is 9.07. The zero-order chi connectivity index (χ0) is 7.94. The van der Waals surface area contributed by atoms with Crippen molar-refractivity contribution in [2.45, 2.75) is 6.48 Å². The molecule has 1 rings (SSSR count). The van der Waals surface area contributed by atoms with Crippen LogP contribution in [0.3, 0.4) is 0 Å². The summed E-state index contributed by atoms with van der Waals surface area (Å²) >= 11 is 0. The second-order valence-electron chi connectivity index (χ2n) is 1.58. The Hall–Kier alpha value is -0.0231. The van der Waals surface area contributed by atoms with Gasteiger partial charge in [0.1, 0.15) is 6.79 Å². The van der Waals surface area contributed by atoms with Crippen LogP contribution in [0.25, 0.3) is 0 Å². The molecule has 0 aliphatic carbocycles. The molecule has 0 spiro atoms. The molecule has 0 saturated carbocycles. The third-order valence-corrected chi connectivity index (χ3v) is 1.34. The van der Waals surface area contributed by atoms with Gasteiger partial charge < -0.3 is 28.2 Å². The van der Waals surface area contributed by atoms with Crippen molar-refractivity contribution in [1.82, 2.24) is 0 Å². The molecule has 1 unspecified atom stereocenters. The van der Waals surface area contributed by atoms with Crippen LogP contribution in [-0.2, 0) is 23.1 Å². The van der Waals surface area contributed by atoms with E-state index in [9.17, 15) is 0 Å². The van der Waals surface area contributed by atoms with Crippen LogP contribution in [0.1, 0.15) is 0 Å². The van der Waals surface area contributed by atoms with Crippen LogP contribution in [0, 0.1) is 0 Å². The number of hydrogen-bond donors (Lipinski definition) is 1. The van der Waals surface area contributed by atoms with Gasteiger partial charge in [0.15, 0.2) is 13.6 Å². The van der Waals surface area contributed by atoms with Gasteiger partial charge in [-0.3, -0.25) is 0 Å². The molecule has 2 radical (unpaired) electrons. The first-order chi connectivity index (χ1) is 5.39. The van der Waals surface area contributed by atoms with E-state index in [4.69, 9.17) is 19.0 Å². The Morgan fingerprint density at radius 1 is 1.18 bits per heavy atom. The van der Waals surface area contributed by atoms with Crippen LogP contribution < -0.4 is 0 Å². The quantitative estimate of drug-likeness (QED) is 0.471. The minimum atomic E-state index is -1.29. The standard InChI is InChI=1S/C4H8O6Si/c5-4-8-2-6-1-7-3-9-11-10-4/h4-5H,1-3H2. The van der Waals surface area contributed by atoms with Crippen LogP contribution in [0.4, 0.5) is 0 Å². The molecule has 1 fully saturated rings. The third-order valence-electron chi connectivity index (χ3n) is 0.811. The lowest BCUT2D eigenvalue weighted by atomic mass is 11.2. The van der Waals surface area contributed by atoms with Gasteiger partial charge in [-0.2, -0.15) is 0 Å². The molecule has 1 aliphatic heterocycles. The molecule has 0 aromatic heterocycles. The van der Waals surface area contributed by atoms with Crippen molar-refractivity contribution < 1.29 is 28.2 Å². The van der Waals surface area contributed by atoms with Gasteiger partial charge in [-0.25, -0.2) is 0 Å². The van der Waals surface area contributed by atoms with Crippen LogP contribution in [0.15, 0.2) is 0 Å². The Labute approximate surface area is 66.0 Å². The Balaban J connectivity index is 2.12. The molecular formula is C4H8O6Si. The fourth-order valence-corrected chi connectivity index (χ4v) is 0.758. The van der Waals surface area contributed by atoms with Crippen molar-refractivity contribution in [2.75, 3.05) is 20.4 Å². The summed E-state index contributed by atoms with van der Waals surface area (Å²) < 4.78 is 23.4. The van der Waals surface area contributed by atoms with E-state index in [-0.39, 0.29) is 30.4 Å². The first-order valence-corrected chi connectivity index (χ1v) is 3.69. The summed E-state index contributed by atoms with van der Waals surface area (Å²) in [7, 11) is -0.292. The molecule has 0 amide bonds. The molecule has 1 aliphatic rings. The second kappa shape index (κ2) is 5.60. The van der Waals surface area contributed by atoms with Gasteiger partial charge in [-0.05, 0) is 0 Å². The molecule has 1 heterocycles. The summed E-state index contributed by atoms with van der Waals surface area (Å²) in [5, 5.41) is 8.79. The largest absolute Gasteiger partial charge is 0.439 e. The highest BCUT2D eigenvalue weighted by atomic mass is 28.3. The monoisotopic (exact) mass is 180 g/mol. The van der Waals surface area contributed by atoms with E-state index in [0.29, 0.717) is 0 Å². The SMILES string of the molecule is OC1OCOCOCO[Si]O1. The molecule has 64 valence electrons. The van der Waals surface area contributed by atoms with Crippen LogP contribution >= 0.6 is 0 Å². The molecule has 1 atom stereocenters. The lowest BCUT2D eigenvalue weighted by Crippen LogP contribution is -2.24. The van der Waals surface area contributed by atoms with Crippen molar-refractivity contribution in [3.63, 3.8) is 0 Å². The lowest BCUT2D eigenvalue weighted by molar-refractivity contribution is -0.281. The predicted molar refractivity (Wildman–Crippen MR) is 31.8 cm³/mol. The highest BCUT2D eigenvalue weighted by molar-refractivity contribution is 6.17. The minimum absolute atomic E-state index is 0.0638. The number of rotatable bonds is 0. The average Bonchev–Trinajstić information content (AvgIpc) is 2.03. The van der Waals surface area contributed by atoms with Gasteiger partial charge in [0.2, 0.25) is 0 Å². The predicted octanol–water partition coefficient (Wildman–Crippen LogP) is -1.23. The van der Waals surface area contributed by atoms with Crippen LogP contribution in [-0.4, -0.2) is 42.0 Å². The molecule has 0 aromatic rings. The van der Waals surface area contributed by atoms with Crippen LogP contribution in [0.2, 0.25) is 0 Å². The maximum Gasteiger partial charge on any atom is 0.439 e. The van der Waals surface area contributed by atoms with E-state index < -0.39 is 6.48 Å². The maximum absolute atomic E-state index is 8.79. The highest BCUT2D eigenvalue weighted by Crippen LogP contribution is 1.92.